The SMILES string of the molecule is O=C(NCC(c1cccs1)N1CCOCC1)C1CCCN(S(=O)(=O)c2ccc(F)cc2)C1. The van der Waals surface area contributed by atoms with E-state index in [1.165, 1.54) is 21.3 Å². The topological polar surface area (TPSA) is 79.0 Å². The first-order chi connectivity index (χ1) is 15.4. The molecule has 2 fully saturated rings. The Morgan fingerprint density at radius 2 is 1.94 bits per heavy atom. The van der Waals surface area contributed by atoms with Crippen LogP contribution in [0.25, 0.3) is 0 Å². The summed E-state index contributed by atoms with van der Waals surface area (Å²) in [6.07, 6.45) is 1.25. The number of morpholine rings is 1. The number of hydrogen-bond donors (Lipinski definition) is 1. The lowest BCUT2D eigenvalue weighted by Crippen LogP contribution is -2.48. The zero-order valence-corrected chi connectivity index (χ0v) is 19.4. The van der Waals surface area contributed by atoms with Gasteiger partial charge in [-0.15, -0.1) is 11.3 Å². The highest BCUT2D eigenvalue weighted by atomic mass is 32.2. The van der Waals surface area contributed by atoms with E-state index in [0.29, 0.717) is 39.1 Å². The number of nitrogens with one attached hydrogen (secondary N) is 1. The number of rotatable bonds is 7. The largest absolute Gasteiger partial charge is 0.379 e. The van der Waals surface area contributed by atoms with Crippen molar-refractivity contribution >= 4 is 27.3 Å². The molecule has 2 aliphatic rings. The minimum atomic E-state index is -3.76. The van der Waals surface area contributed by atoms with Gasteiger partial charge in [-0.1, -0.05) is 6.07 Å². The van der Waals surface area contributed by atoms with Gasteiger partial charge in [0.1, 0.15) is 5.82 Å². The molecule has 7 nitrogen and oxygen atoms in total. The van der Waals surface area contributed by atoms with E-state index in [4.69, 9.17) is 4.74 Å². The van der Waals surface area contributed by atoms with Gasteiger partial charge in [-0.05, 0) is 48.6 Å². The number of carbonyl (C=O) groups excluding carboxylic acids is 1. The molecule has 2 aliphatic heterocycles. The summed E-state index contributed by atoms with van der Waals surface area (Å²) >= 11 is 1.67. The maximum absolute atomic E-state index is 13.2. The fraction of sp³-hybridized carbons (Fsp3) is 0.500. The Labute approximate surface area is 192 Å². The molecule has 2 aromatic rings. The van der Waals surface area contributed by atoms with Crippen molar-refractivity contribution in [3.05, 3.63) is 52.5 Å². The van der Waals surface area contributed by atoms with Gasteiger partial charge in [0, 0.05) is 37.6 Å². The average Bonchev–Trinajstić information content (AvgIpc) is 3.35. The highest BCUT2D eigenvalue weighted by Crippen LogP contribution is 2.27. The van der Waals surface area contributed by atoms with Crippen LogP contribution in [0.15, 0.2) is 46.7 Å². The molecule has 4 rings (SSSR count). The van der Waals surface area contributed by atoms with Gasteiger partial charge in [0.05, 0.1) is 30.1 Å². The van der Waals surface area contributed by atoms with Gasteiger partial charge in [0.15, 0.2) is 0 Å². The van der Waals surface area contributed by atoms with Crippen molar-refractivity contribution in [1.29, 1.82) is 0 Å². The maximum Gasteiger partial charge on any atom is 0.243 e. The van der Waals surface area contributed by atoms with E-state index in [1.54, 1.807) is 11.3 Å². The molecule has 0 aliphatic carbocycles. The first-order valence-electron chi connectivity index (χ1n) is 10.8. The van der Waals surface area contributed by atoms with Gasteiger partial charge in [-0.2, -0.15) is 4.31 Å². The number of carbonyl (C=O) groups is 1. The smallest absolute Gasteiger partial charge is 0.243 e. The molecule has 1 N–H and O–H groups in total. The summed E-state index contributed by atoms with van der Waals surface area (Å²) < 4.78 is 45.9. The molecule has 1 aromatic carbocycles. The predicted molar refractivity (Wildman–Crippen MR) is 120 cm³/mol. The van der Waals surface area contributed by atoms with E-state index >= 15 is 0 Å². The van der Waals surface area contributed by atoms with Crippen LogP contribution in [0, 0.1) is 11.7 Å². The van der Waals surface area contributed by atoms with Crippen molar-refractivity contribution in [3.63, 3.8) is 0 Å². The first-order valence-corrected chi connectivity index (χ1v) is 13.2. The molecular weight excluding hydrogens is 453 g/mol. The number of nitrogens with zero attached hydrogens (tertiary/aromatic N) is 2. The number of piperidine rings is 1. The number of sulfonamides is 1. The van der Waals surface area contributed by atoms with Crippen LogP contribution in [0.3, 0.4) is 0 Å². The van der Waals surface area contributed by atoms with Crippen LogP contribution in [-0.2, 0) is 19.6 Å². The maximum atomic E-state index is 13.2. The van der Waals surface area contributed by atoms with E-state index < -0.39 is 21.8 Å². The third-order valence-corrected chi connectivity index (χ3v) is 8.89. The summed E-state index contributed by atoms with van der Waals surface area (Å²) in [6, 6.07) is 8.97. The summed E-state index contributed by atoms with van der Waals surface area (Å²) in [5, 5.41) is 5.10. The van der Waals surface area contributed by atoms with Crippen LogP contribution >= 0.6 is 11.3 Å². The van der Waals surface area contributed by atoms with E-state index in [0.717, 1.165) is 25.2 Å². The number of amides is 1. The zero-order chi connectivity index (χ0) is 22.6. The van der Waals surface area contributed by atoms with Crippen molar-refractivity contribution in [2.45, 2.75) is 23.8 Å². The molecule has 1 amide bonds. The van der Waals surface area contributed by atoms with Crippen molar-refractivity contribution in [1.82, 2.24) is 14.5 Å². The van der Waals surface area contributed by atoms with Crippen LogP contribution in [0.5, 0.6) is 0 Å². The highest BCUT2D eigenvalue weighted by molar-refractivity contribution is 7.89. The fourth-order valence-corrected chi connectivity index (χ4v) is 6.64. The van der Waals surface area contributed by atoms with Gasteiger partial charge in [0.2, 0.25) is 15.9 Å². The van der Waals surface area contributed by atoms with Gasteiger partial charge in [0.25, 0.3) is 0 Å². The van der Waals surface area contributed by atoms with E-state index in [9.17, 15) is 17.6 Å². The van der Waals surface area contributed by atoms with E-state index in [-0.39, 0.29) is 23.4 Å². The van der Waals surface area contributed by atoms with Gasteiger partial charge >= 0.3 is 0 Å². The minimum absolute atomic E-state index is 0.0463. The minimum Gasteiger partial charge on any atom is -0.379 e. The quantitative estimate of drug-likeness (QED) is 0.657. The molecule has 0 spiro atoms. The van der Waals surface area contributed by atoms with Gasteiger partial charge in [-0.25, -0.2) is 12.8 Å². The Balaban J connectivity index is 1.39. The third kappa shape index (κ3) is 5.37. The second-order valence-electron chi connectivity index (χ2n) is 8.08. The zero-order valence-electron chi connectivity index (χ0n) is 17.8. The van der Waals surface area contributed by atoms with Crippen molar-refractivity contribution < 1.29 is 22.3 Å². The van der Waals surface area contributed by atoms with Crippen LogP contribution in [0.4, 0.5) is 4.39 Å². The fourth-order valence-electron chi connectivity index (χ4n) is 4.25. The molecule has 10 heteroatoms. The first kappa shape index (κ1) is 23.3. The third-order valence-electron chi connectivity index (χ3n) is 6.03. The van der Waals surface area contributed by atoms with Crippen molar-refractivity contribution in [2.75, 3.05) is 45.9 Å². The second kappa shape index (κ2) is 10.4. The molecule has 0 bridgehead atoms. The van der Waals surface area contributed by atoms with Crippen LogP contribution < -0.4 is 5.32 Å². The molecule has 32 heavy (non-hydrogen) atoms. The van der Waals surface area contributed by atoms with Crippen LogP contribution in [-0.4, -0.2) is 69.5 Å². The molecular formula is C22H28FN3O4S2. The summed E-state index contributed by atoms with van der Waals surface area (Å²) in [7, 11) is -3.76. The summed E-state index contributed by atoms with van der Waals surface area (Å²) in [5.74, 6) is -1.02. The summed E-state index contributed by atoms with van der Waals surface area (Å²) in [4.78, 5) is 16.5. The number of hydrogen-bond acceptors (Lipinski definition) is 6. The lowest BCUT2D eigenvalue weighted by Gasteiger charge is -2.35. The summed E-state index contributed by atoms with van der Waals surface area (Å²) in [5.41, 5.74) is 0. The number of halogens is 1. The lowest BCUT2D eigenvalue weighted by molar-refractivity contribution is -0.126. The van der Waals surface area contributed by atoms with E-state index in [2.05, 4.69) is 16.3 Å². The van der Waals surface area contributed by atoms with Crippen molar-refractivity contribution in [3.8, 4) is 0 Å². The molecule has 0 radical (unpaired) electrons. The number of ether oxygens (including phenoxy) is 1. The van der Waals surface area contributed by atoms with Gasteiger partial charge < -0.3 is 10.1 Å². The molecule has 0 saturated carbocycles. The summed E-state index contributed by atoms with van der Waals surface area (Å²) in [6.45, 7) is 3.93. The Morgan fingerprint density at radius 3 is 2.62 bits per heavy atom. The highest BCUT2D eigenvalue weighted by Gasteiger charge is 2.34. The molecule has 2 atom stereocenters. The van der Waals surface area contributed by atoms with Crippen LogP contribution in [0.1, 0.15) is 23.8 Å². The van der Waals surface area contributed by atoms with E-state index in [1.807, 2.05) is 11.4 Å². The lowest BCUT2D eigenvalue weighted by atomic mass is 9.98. The van der Waals surface area contributed by atoms with Crippen LogP contribution in [0.2, 0.25) is 0 Å². The Hall–Kier alpha value is -1.85. The monoisotopic (exact) mass is 481 g/mol. The number of benzene rings is 1. The average molecular weight is 482 g/mol. The number of thiophene rings is 1. The Morgan fingerprint density at radius 1 is 1.19 bits per heavy atom. The molecule has 174 valence electrons. The molecule has 2 unspecified atom stereocenters. The van der Waals surface area contributed by atoms with Crippen molar-refractivity contribution in [2.24, 2.45) is 5.92 Å². The Kier molecular flexibility index (Phi) is 7.57. The molecule has 1 aromatic heterocycles. The molecule has 3 heterocycles. The standard InChI is InChI=1S/C22H28FN3O4S2/c23-18-5-7-19(8-6-18)32(28,29)26-9-1-3-17(16-26)22(27)24-15-20(21-4-2-14-31-21)25-10-12-30-13-11-25/h2,4-8,14,17,20H,1,3,9-13,15-16H2,(H,24,27). The predicted octanol–water partition coefficient (Wildman–Crippen LogP) is 2.48. The molecule has 2 saturated heterocycles. The van der Waals surface area contributed by atoms with Gasteiger partial charge in [-0.3, -0.25) is 9.69 Å². The normalized spacial score (nSPS) is 21.8. The second-order valence-corrected chi connectivity index (χ2v) is 11.0. The Bertz CT molecular complexity index is 993.